The third-order valence-corrected chi connectivity index (χ3v) is 5.49. The molecule has 2 fully saturated rings. The van der Waals surface area contributed by atoms with E-state index in [1.54, 1.807) is 0 Å². The second kappa shape index (κ2) is 5.09. The fourth-order valence-electron chi connectivity index (χ4n) is 4.34. The topological polar surface area (TPSA) is 61.0 Å². The Morgan fingerprint density at radius 3 is 3.00 bits per heavy atom. The lowest BCUT2D eigenvalue weighted by Crippen LogP contribution is -2.68. The fourth-order valence-corrected chi connectivity index (χ4v) is 4.34. The van der Waals surface area contributed by atoms with E-state index in [1.807, 2.05) is 29.2 Å². The minimum atomic E-state index is 0.0575. The number of fused-ring (bicyclic) bond motifs is 2. The molecule has 0 saturated carbocycles. The number of nitrogens with zero attached hydrogens (tertiary/aromatic N) is 2. The summed E-state index contributed by atoms with van der Waals surface area (Å²) >= 11 is 0. The van der Waals surface area contributed by atoms with Crippen LogP contribution in [0.15, 0.2) is 24.3 Å². The molecule has 4 atom stereocenters. The Morgan fingerprint density at radius 2 is 2.14 bits per heavy atom. The predicted octanol–water partition coefficient (Wildman–Crippen LogP) is 2.02. The van der Waals surface area contributed by atoms with E-state index >= 15 is 0 Å². The molecule has 2 saturated heterocycles. The molecule has 2 aromatic rings. The van der Waals surface area contributed by atoms with Crippen LogP contribution in [0, 0.1) is 11.8 Å². The molecule has 1 amide bonds. The van der Waals surface area contributed by atoms with Gasteiger partial charge in [0.1, 0.15) is 0 Å². The molecule has 2 unspecified atom stereocenters. The van der Waals surface area contributed by atoms with Gasteiger partial charge in [0.25, 0.3) is 5.91 Å². The van der Waals surface area contributed by atoms with Gasteiger partial charge in [0.05, 0.1) is 5.52 Å². The zero-order chi connectivity index (χ0) is 15.3. The lowest BCUT2D eigenvalue weighted by atomic mass is 9.72. The monoisotopic (exact) mass is 298 g/mol. The first kappa shape index (κ1) is 13.8. The van der Waals surface area contributed by atoms with Gasteiger partial charge in [0, 0.05) is 29.9 Å². The highest BCUT2D eigenvalue weighted by molar-refractivity contribution is 6.05. The molecule has 22 heavy (non-hydrogen) atoms. The first-order valence-electron chi connectivity index (χ1n) is 8.15. The summed E-state index contributed by atoms with van der Waals surface area (Å²) in [5, 5.41) is 11.6. The Balaban J connectivity index is 1.66. The van der Waals surface area contributed by atoms with Crippen molar-refractivity contribution in [2.75, 3.05) is 13.1 Å². The van der Waals surface area contributed by atoms with Gasteiger partial charge in [-0.15, -0.1) is 0 Å². The molecule has 5 nitrogen and oxygen atoms in total. The zero-order valence-electron chi connectivity index (χ0n) is 13.0. The van der Waals surface area contributed by atoms with Gasteiger partial charge in [-0.1, -0.05) is 25.1 Å². The van der Waals surface area contributed by atoms with E-state index in [0.29, 0.717) is 29.6 Å². The van der Waals surface area contributed by atoms with E-state index in [1.165, 1.54) is 6.42 Å². The van der Waals surface area contributed by atoms with Crippen LogP contribution in [-0.2, 0) is 0 Å². The molecule has 1 aromatic carbocycles. The summed E-state index contributed by atoms with van der Waals surface area (Å²) in [5.74, 6) is 1.32. The van der Waals surface area contributed by atoms with Crippen molar-refractivity contribution >= 4 is 16.8 Å². The summed E-state index contributed by atoms with van der Waals surface area (Å²) in [4.78, 5) is 15.0. The van der Waals surface area contributed by atoms with E-state index in [2.05, 4.69) is 29.4 Å². The maximum absolute atomic E-state index is 13.0. The van der Waals surface area contributed by atoms with Gasteiger partial charge in [0.2, 0.25) is 0 Å². The summed E-state index contributed by atoms with van der Waals surface area (Å²) in [6, 6.07) is 8.41. The second-order valence-corrected chi connectivity index (χ2v) is 6.69. The average Bonchev–Trinajstić information content (AvgIpc) is 2.86. The van der Waals surface area contributed by atoms with Gasteiger partial charge in [-0.25, -0.2) is 0 Å². The number of para-hydroxylation sites is 1. The van der Waals surface area contributed by atoms with Crippen LogP contribution in [0.2, 0.25) is 0 Å². The Kier molecular flexibility index (Phi) is 3.18. The van der Waals surface area contributed by atoms with Crippen LogP contribution in [0.4, 0.5) is 0 Å². The molecular weight excluding hydrogens is 276 g/mol. The number of carbonyl (C=O) groups is 1. The summed E-state index contributed by atoms with van der Waals surface area (Å²) < 4.78 is 0. The summed E-state index contributed by atoms with van der Waals surface area (Å²) in [5.41, 5.74) is 1.47. The third-order valence-electron chi connectivity index (χ3n) is 5.49. The number of amides is 1. The average molecular weight is 298 g/mol. The minimum Gasteiger partial charge on any atom is -0.330 e. The quantitative estimate of drug-likeness (QED) is 0.847. The second-order valence-electron chi connectivity index (χ2n) is 6.69. The molecule has 4 rings (SSSR count). The SMILES string of the molecule is CC1CCNCC2[C@@H]1[C@H](C)N2C(=O)c1n[nH]c2ccccc12. The minimum absolute atomic E-state index is 0.0575. The van der Waals surface area contributed by atoms with Crippen LogP contribution < -0.4 is 5.32 Å². The Bertz CT molecular complexity index is 710. The molecule has 2 N–H and O–H groups in total. The molecule has 116 valence electrons. The number of carbonyl (C=O) groups excluding carboxylic acids is 1. The van der Waals surface area contributed by atoms with Crippen molar-refractivity contribution < 1.29 is 4.79 Å². The zero-order valence-corrected chi connectivity index (χ0v) is 13.0. The number of aromatic nitrogens is 2. The van der Waals surface area contributed by atoms with Crippen molar-refractivity contribution in [2.24, 2.45) is 11.8 Å². The van der Waals surface area contributed by atoms with Crippen LogP contribution >= 0.6 is 0 Å². The smallest absolute Gasteiger partial charge is 0.275 e. The molecule has 1 aromatic heterocycles. The van der Waals surface area contributed by atoms with Crippen molar-refractivity contribution in [3.05, 3.63) is 30.0 Å². The summed E-state index contributed by atoms with van der Waals surface area (Å²) in [7, 11) is 0. The van der Waals surface area contributed by atoms with Crippen molar-refractivity contribution in [3.63, 3.8) is 0 Å². The van der Waals surface area contributed by atoms with Gasteiger partial charge in [-0.2, -0.15) is 5.10 Å². The molecule has 0 aliphatic carbocycles. The van der Waals surface area contributed by atoms with Crippen LogP contribution in [-0.4, -0.2) is 46.2 Å². The third kappa shape index (κ3) is 1.88. The first-order chi connectivity index (χ1) is 10.7. The highest BCUT2D eigenvalue weighted by atomic mass is 16.2. The van der Waals surface area contributed by atoms with Crippen LogP contribution in [0.3, 0.4) is 0 Å². The highest BCUT2D eigenvalue weighted by Crippen LogP contribution is 2.41. The summed E-state index contributed by atoms with van der Waals surface area (Å²) in [6.45, 7) is 6.43. The number of aromatic amines is 1. The van der Waals surface area contributed by atoms with E-state index in [-0.39, 0.29) is 5.91 Å². The highest BCUT2D eigenvalue weighted by Gasteiger charge is 2.51. The Labute approximate surface area is 130 Å². The van der Waals surface area contributed by atoms with Crippen molar-refractivity contribution in [1.82, 2.24) is 20.4 Å². The number of benzene rings is 1. The van der Waals surface area contributed by atoms with Crippen molar-refractivity contribution in [3.8, 4) is 0 Å². The lowest BCUT2D eigenvalue weighted by Gasteiger charge is -2.55. The number of nitrogens with one attached hydrogen (secondary N) is 2. The van der Waals surface area contributed by atoms with Crippen LogP contribution in [0.25, 0.3) is 10.9 Å². The van der Waals surface area contributed by atoms with Gasteiger partial charge in [0.15, 0.2) is 5.69 Å². The number of hydrogen-bond donors (Lipinski definition) is 2. The van der Waals surface area contributed by atoms with E-state index < -0.39 is 0 Å². The molecule has 3 heterocycles. The normalized spacial score (nSPS) is 31.5. The van der Waals surface area contributed by atoms with Gasteiger partial charge < -0.3 is 10.2 Å². The number of rotatable bonds is 1. The summed E-state index contributed by atoms with van der Waals surface area (Å²) in [6.07, 6.45) is 1.19. The van der Waals surface area contributed by atoms with E-state index in [9.17, 15) is 4.79 Å². The Hall–Kier alpha value is -1.88. The molecule has 0 spiro atoms. The maximum Gasteiger partial charge on any atom is 0.275 e. The van der Waals surface area contributed by atoms with Crippen molar-refractivity contribution in [1.29, 1.82) is 0 Å². The standard InChI is InChI=1S/C17H22N4O/c1-10-7-8-18-9-14-15(10)11(2)21(14)17(22)16-12-5-3-4-6-13(12)19-20-16/h3-6,10-11,14-15,18H,7-9H2,1-2H3,(H,19,20)/t10?,11-,14?,15-/m0/s1. The molecule has 0 radical (unpaired) electrons. The molecule has 2 aliphatic rings. The first-order valence-corrected chi connectivity index (χ1v) is 8.15. The maximum atomic E-state index is 13.0. The van der Waals surface area contributed by atoms with Gasteiger partial charge in [-0.3, -0.25) is 9.89 Å². The number of likely N-dealkylation sites (tertiary alicyclic amines) is 1. The predicted molar refractivity (Wildman–Crippen MR) is 85.7 cm³/mol. The number of hydrogen-bond acceptors (Lipinski definition) is 3. The molecular formula is C17H22N4O. The van der Waals surface area contributed by atoms with E-state index in [0.717, 1.165) is 24.0 Å². The Morgan fingerprint density at radius 1 is 1.32 bits per heavy atom. The van der Waals surface area contributed by atoms with Crippen LogP contribution in [0.5, 0.6) is 0 Å². The number of H-pyrrole nitrogens is 1. The molecule has 5 heteroatoms. The lowest BCUT2D eigenvalue weighted by molar-refractivity contribution is -0.0431. The van der Waals surface area contributed by atoms with E-state index in [4.69, 9.17) is 0 Å². The van der Waals surface area contributed by atoms with Crippen LogP contribution in [0.1, 0.15) is 30.8 Å². The largest absolute Gasteiger partial charge is 0.330 e. The molecule has 0 bridgehead atoms. The van der Waals surface area contributed by atoms with Gasteiger partial charge >= 0.3 is 0 Å². The van der Waals surface area contributed by atoms with Gasteiger partial charge in [-0.05, 0) is 31.9 Å². The fraction of sp³-hybridized carbons (Fsp3) is 0.529. The molecule has 2 aliphatic heterocycles. The van der Waals surface area contributed by atoms with Crippen molar-refractivity contribution in [2.45, 2.75) is 32.4 Å².